The molecular weight excluding hydrogens is 385 g/mol. The van der Waals surface area contributed by atoms with Crippen LogP contribution in [0.1, 0.15) is 27.9 Å². The first-order valence-corrected chi connectivity index (χ1v) is 9.23. The van der Waals surface area contributed by atoms with E-state index in [0.29, 0.717) is 22.8 Å². The maximum atomic E-state index is 13.4. The zero-order valence-electron chi connectivity index (χ0n) is 16.1. The van der Waals surface area contributed by atoms with Gasteiger partial charge in [-0.2, -0.15) is 0 Å². The number of aromatic nitrogens is 2. The second-order valence-electron chi connectivity index (χ2n) is 6.50. The van der Waals surface area contributed by atoms with Gasteiger partial charge in [0.1, 0.15) is 17.6 Å². The SMILES string of the molecule is COc1cccc(C(=O)N[C@H](c2ccc(F)cc2)c2nnc(-c3ccccc3)o2)c1. The summed E-state index contributed by atoms with van der Waals surface area (Å²) in [6.07, 6.45) is 0. The number of halogens is 1. The number of carbonyl (C=O) groups is 1. The molecule has 0 aliphatic heterocycles. The fraction of sp³-hybridized carbons (Fsp3) is 0.0870. The minimum absolute atomic E-state index is 0.191. The lowest BCUT2D eigenvalue weighted by atomic mass is 10.1. The summed E-state index contributed by atoms with van der Waals surface area (Å²) in [5, 5.41) is 11.1. The number of carbonyl (C=O) groups excluding carboxylic acids is 1. The van der Waals surface area contributed by atoms with Crippen LogP contribution in [-0.4, -0.2) is 23.2 Å². The van der Waals surface area contributed by atoms with Crippen molar-refractivity contribution in [2.24, 2.45) is 0 Å². The summed E-state index contributed by atoms with van der Waals surface area (Å²) in [6.45, 7) is 0. The monoisotopic (exact) mass is 403 g/mol. The topological polar surface area (TPSA) is 77.2 Å². The molecule has 0 bridgehead atoms. The lowest BCUT2D eigenvalue weighted by Gasteiger charge is -2.16. The summed E-state index contributed by atoms with van der Waals surface area (Å²) in [5.41, 5.74) is 1.77. The van der Waals surface area contributed by atoms with Gasteiger partial charge in [-0.25, -0.2) is 4.39 Å². The van der Waals surface area contributed by atoms with Crippen LogP contribution in [0.5, 0.6) is 5.75 Å². The van der Waals surface area contributed by atoms with Crippen LogP contribution in [0.15, 0.2) is 83.3 Å². The zero-order chi connectivity index (χ0) is 20.9. The number of benzene rings is 3. The molecule has 0 aliphatic carbocycles. The van der Waals surface area contributed by atoms with Crippen molar-refractivity contribution in [2.75, 3.05) is 7.11 Å². The van der Waals surface area contributed by atoms with Crippen LogP contribution < -0.4 is 10.1 Å². The Hall–Kier alpha value is -4.00. The van der Waals surface area contributed by atoms with Crippen molar-refractivity contribution in [2.45, 2.75) is 6.04 Å². The van der Waals surface area contributed by atoms with E-state index in [1.165, 1.54) is 19.2 Å². The number of hydrogen-bond donors (Lipinski definition) is 1. The predicted octanol–water partition coefficient (Wildman–Crippen LogP) is 4.40. The molecule has 0 aliphatic rings. The second-order valence-corrected chi connectivity index (χ2v) is 6.50. The van der Waals surface area contributed by atoms with E-state index in [9.17, 15) is 9.18 Å². The normalized spacial score (nSPS) is 11.7. The molecule has 0 fully saturated rings. The van der Waals surface area contributed by atoms with Gasteiger partial charge in [0.2, 0.25) is 11.8 Å². The van der Waals surface area contributed by atoms with Crippen LogP contribution in [0.2, 0.25) is 0 Å². The molecule has 1 aromatic heterocycles. The Labute approximate surface area is 172 Å². The van der Waals surface area contributed by atoms with E-state index in [-0.39, 0.29) is 17.6 Å². The van der Waals surface area contributed by atoms with Gasteiger partial charge in [0, 0.05) is 11.1 Å². The number of ether oxygens (including phenoxy) is 1. The van der Waals surface area contributed by atoms with Crippen molar-refractivity contribution < 1.29 is 18.3 Å². The zero-order valence-corrected chi connectivity index (χ0v) is 16.1. The molecule has 7 heteroatoms. The summed E-state index contributed by atoms with van der Waals surface area (Å²) in [7, 11) is 1.53. The molecule has 4 rings (SSSR count). The third-order valence-electron chi connectivity index (χ3n) is 4.52. The molecule has 4 aromatic rings. The lowest BCUT2D eigenvalue weighted by molar-refractivity contribution is 0.0937. The van der Waals surface area contributed by atoms with Crippen molar-refractivity contribution in [1.82, 2.24) is 15.5 Å². The van der Waals surface area contributed by atoms with Gasteiger partial charge in [-0.05, 0) is 48.0 Å². The van der Waals surface area contributed by atoms with Gasteiger partial charge in [0.25, 0.3) is 5.91 Å². The van der Waals surface area contributed by atoms with Gasteiger partial charge < -0.3 is 14.5 Å². The first-order valence-electron chi connectivity index (χ1n) is 9.23. The largest absolute Gasteiger partial charge is 0.497 e. The number of hydrogen-bond acceptors (Lipinski definition) is 5. The van der Waals surface area contributed by atoms with Crippen LogP contribution in [0.4, 0.5) is 4.39 Å². The first kappa shape index (κ1) is 19.3. The molecule has 1 heterocycles. The Morgan fingerprint density at radius 2 is 1.77 bits per heavy atom. The highest BCUT2D eigenvalue weighted by Gasteiger charge is 2.24. The summed E-state index contributed by atoms with van der Waals surface area (Å²) < 4.78 is 24.5. The van der Waals surface area contributed by atoms with Crippen LogP contribution in [-0.2, 0) is 0 Å². The molecule has 0 saturated carbocycles. The highest BCUT2D eigenvalue weighted by molar-refractivity contribution is 5.95. The third kappa shape index (κ3) is 4.20. The number of nitrogens with one attached hydrogen (secondary N) is 1. The predicted molar refractivity (Wildman–Crippen MR) is 108 cm³/mol. The van der Waals surface area contributed by atoms with Gasteiger partial charge in [0.05, 0.1) is 7.11 Å². The molecule has 1 amide bonds. The fourth-order valence-electron chi connectivity index (χ4n) is 2.97. The number of amides is 1. The average Bonchev–Trinajstić information content (AvgIpc) is 3.29. The third-order valence-corrected chi connectivity index (χ3v) is 4.52. The molecule has 0 saturated heterocycles. The van der Waals surface area contributed by atoms with Crippen LogP contribution >= 0.6 is 0 Å². The van der Waals surface area contributed by atoms with E-state index in [1.807, 2.05) is 30.3 Å². The van der Waals surface area contributed by atoms with Gasteiger partial charge in [-0.15, -0.1) is 10.2 Å². The quantitative estimate of drug-likeness (QED) is 0.516. The first-order chi connectivity index (χ1) is 14.6. The number of rotatable bonds is 6. The fourth-order valence-corrected chi connectivity index (χ4v) is 2.97. The molecular formula is C23H18FN3O3. The minimum atomic E-state index is -0.755. The Balaban J connectivity index is 1.67. The molecule has 150 valence electrons. The molecule has 1 atom stereocenters. The second kappa shape index (κ2) is 8.57. The van der Waals surface area contributed by atoms with Crippen molar-refractivity contribution in [3.05, 3.63) is 102 Å². The maximum absolute atomic E-state index is 13.4. The molecule has 30 heavy (non-hydrogen) atoms. The molecule has 3 aromatic carbocycles. The van der Waals surface area contributed by atoms with Crippen molar-refractivity contribution >= 4 is 5.91 Å². The Morgan fingerprint density at radius 1 is 1.00 bits per heavy atom. The van der Waals surface area contributed by atoms with E-state index < -0.39 is 6.04 Å². The Kier molecular flexibility index (Phi) is 5.52. The van der Waals surface area contributed by atoms with Gasteiger partial charge in [-0.1, -0.05) is 36.4 Å². The molecule has 1 N–H and O–H groups in total. The van der Waals surface area contributed by atoms with E-state index in [0.717, 1.165) is 5.56 Å². The van der Waals surface area contributed by atoms with E-state index in [1.54, 1.807) is 36.4 Å². The standard InChI is InChI=1S/C23H18FN3O3/c1-29-19-9-5-8-17(14-19)21(28)25-20(15-10-12-18(24)13-11-15)23-27-26-22(30-23)16-6-3-2-4-7-16/h2-14,20H,1H3,(H,25,28)/t20-/m1/s1. The molecule has 0 radical (unpaired) electrons. The van der Waals surface area contributed by atoms with E-state index >= 15 is 0 Å². The van der Waals surface area contributed by atoms with Crippen molar-refractivity contribution in [1.29, 1.82) is 0 Å². The average molecular weight is 403 g/mol. The minimum Gasteiger partial charge on any atom is -0.497 e. The van der Waals surface area contributed by atoms with Crippen LogP contribution in [0.25, 0.3) is 11.5 Å². The Bertz CT molecular complexity index is 1140. The number of nitrogens with zero attached hydrogens (tertiary/aromatic N) is 2. The molecule has 0 unspecified atom stereocenters. The summed E-state index contributed by atoms with van der Waals surface area (Å²) in [5.74, 6) is 0.338. The van der Waals surface area contributed by atoms with Crippen LogP contribution in [0.3, 0.4) is 0 Å². The van der Waals surface area contributed by atoms with E-state index in [4.69, 9.17) is 9.15 Å². The van der Waals surface area contributed by atoms with Gasteiger partial charge >= 0.3 is 0 Å². The van der Waals surface area contributed by atoms with Gasteiger partial charge in [0.15, 0.2) is 0 Å². The highest BCUT2D eigenvalue weighted by atomic mass is 19.1. The van der Waals surface area contributed by atoms with Gasteiger partial charge in [-0.3, -0.25) is 4.79 Å². The van der Waals surface area contributed by atoms with E-state index in [2.05, 4.69) is 15.5 Å². The van der Waals surface area contributed by atoms with Crippen molar-refractivity contribution in [3.8, 4) is 17.2 Å². The lowest BCUT2D eigenvalue weighted by Crippen LogP contribution is -2.29. The number of methoxy groups -OCH3 is 1. The summed E-state index contributed by atoms with van der Waals surface area (Å²) in [6, 6.07) is 21.1. The smallest absolute Gasteiger partial charge is 0.252 e. The maximum Gasteiger partial charge on any atom is 0.252 e. The van der Waals surface area contributed by atoms with Crippen LogP contribution in [0, 0.1) is 5.82 Å². The highest BCUT2D eigenvalue weighted by Crippen LogP contribution is 2.26. The van der Waals surface area contributed by atoms with Crippen molar-refractivity contribution in [3.63, 3.8) is 0 Å². The molecule has 6 nitrogen and oxygen atoms in total. The summed E-state index contributed by atoms with van der Waals surface area (Å²) in [4.78, 5) is 12.9. The molecule has 0 spiro atoms. The summed E-state index contributed by atoms with van der Waals surface area (Å²) >= 11 is 0. The Morgan fingerprint density at radius 3 is 2.50 bits per heavy atom.